The minimum absolute atomic E-state index is 0.0741. The molecule has 1 aliphatic heterocycles. The van der Waals surface area contributed by atoms with E-state index >= 15 is 0 Å². The summed E-state index contributed by atoms with van der Waals surface area (Å²) in [6.45, 7) is 1.77. The van der Waals surface area contributed by atoms with E-state index in [1.807, 2.05) is 4.90 Å². The first-order valence-corrected chi connectivity index (χ1v) is 4.15. The van der Waals surface area contributed by atoms with Crippen LogP contribution in [0.1, 0.15) is 23.3 Å². The largest absolute Gasteiger partial charge is 0.341 e. The number of aromatic nitrogens is 2. The van der Waals surface area contributed by atoms with Gasteiger partial charge in [0.15, 0.2) is 0 Å². The molecule has 0 spiro atoms. The van der Waals surface area contributed by atoms with E-state index in [0.29, 0.717) is 5.69 Å². The molecular weight excluding hydrogens is 154 g/mol. The lowest BCUT2D eigenvalue weighted by molar-refractivity contribution is 0.0787. The zero-order chi connectivity index (χ0) is 8.39. The van der Waals surface area contributed by atoms with E-state index in [1.54, 1.807) is 6.20 Å². The molecule has 0 saturated carbocycles. The Kier molecular flexibility index (Phi) is 1.81. The third kappa shape index (κ3) is 1.20. The summed E-state index contributed by atoms with van der Waals surface area (Å²) in [6.07, 6.45) is 5.35. The maximum atomic E-state index is 11.6. The Labute approximate surface area is 70.6 Å². The van der Waals surface area contributed by atoms with Gasteiger partial charge in [-0.2, -0.15) is 0 Å². The highest BCUT2D eigenvalue weighted by Crippen LogP contribution is 2.10. The van der Waals surface area contributed by atoms with Gasteiger partial charge in [0.05, 0.1) is 12.5 Å². The van der Waals surface area contributed by atoms with Gasteiger partial charge < -0.3 is 9.88 Å². The van der Waals surface area contributed by atoms with E-state index in [9.17, 15) is 4.79 Å². The van der Waals surface area contributed by atoms with E-state index in [1.165, 1.54) is 6.33 Å². The average Bonchev–Trinajstić information content (AvgIpc) is 2.77. The van der Waals surface area contributed by atoms with Gasteiger partial charge in [-0.1, -0.05) is 0 Å². The standard InChI is InChI=1S/C8H11N3O/c12-8(7-5-9-6-10-7)11-3-1-2-4-11/h5-6H,1-4H2,(H,9,10). The lowest BCUT2D eigenvalue weighted by atomic mass is 10.4. The van der Waals surface area contributed by atoms with Crippen LogP contribution < -0.4 is 0 Å². The van der Waals surface area contributed by atoms with Crippen molar-refractivity contribution in [3.05, 3.63) is 18.2 Å². The van der Waals surface area contributed by atoms with Crippen molar-refractivity contribution in [3.8, 4) is 0 Å². The van der Waals surface area contributed by atoms with Crippen molar-refractivity contribution >= 4 is 5.91 Å². The van der Waals surface area contributed by atoms with Crippen molar-refractivity contribution in [3.63, 3.8) is 0 Å². The predicted molar refractivity (Wildman–Crippen MR) is 43.7 cm³/mol. The minimum atomic E-state index is 0.0741. The number of H-pyrrole nitrogens is 1. The van der Waals surface area contributed by atoms with Crippen LogP contribution in [0.5, 0.6) is 0 Å². The molecule has 1 saturated heterocycles. The molecule has 0 aliphatic carbocycles. The maximum Gasteiger partial charge on any atom is 0.271 e. The molecule has 0 atom stereocenters. The van der Waals surface area contributed by atoms with Crippen molar-refractivity contribution in [2.45, 2.75) is 12.8 Å². The second-order valence-corrected chi connectivity index (χ2v) is 2.96. The van der Waals surface area contributed by atoms with Crippen LogP contribution in [0.3, 0.4) is 0 Å². The van der Waals surface area contributed by atoms with Gasteiger partial charge in [0.25, 0.3) is 5.91 Å². The summed E-state index contributed by atoms with van der Waals surface area (Å²) in [4.78, 5) is 20.0. The van der Waals surface area contributed by atoms with Crippen LogP contribution in [0.25, 0.3) is 0 Å². The Balaban J connectivity index is 2.09. The molecule has 1 fully saturated rings. The van der Waals surface area contributed by atoms with E-state index in [-0.39, 0.29) is 5.91 Å². The summed E-state index contributed by atoms with van der Waals surface area (Å²) >= 11 is 0. The molecule has 1 N–H and O–H groups in total. The van der Waals surface area contributed by atoms with Crippen molar-refractivity contribution in [1.82, 2.24) is 14.9 Å². The van der Waals surface area contributed by atoms with Gasteiger partial charge >= 0.3 is 0 Å². The molecule has 2 rings (SSSR count). The third-order valence-corrected chi connectivity index (χ3v) is 2.12. The SMILES string of the molecule is O=C(c1cnc[nH]1)N1CCCC1. The highest BCUT2D eigenvalue weighted by atomic mass is 16.2. The lowest BCUT2D eigenvalue weighted by Gasteiger charge is -2.12. The number of amides is 1. The van der Waals surface area contributed by atoms with E-state index in [2.05, 4.69) is 9.97 Å². The number of nitrogens with zero attached hydrogens (tertiary/aromatic N) is 2. The molecule has 0 bridgehead atoms. The zero-order valence-corrected chi connectivity index (χ0v) is 6.79. The summed E-state index contributed by atoms with van der Waals surface area (Å²) in [5.41, 5.74) is 0.594. The topological polar surface area (TPSA) is 49.0 Å². The molecule has 1 aromatic rings. The third-order valence-electron chi connectivity index (χ3n) is 2.12. The number of carbonyl (C=O) groups excluding carboxylic acids is 1. The molecule has 2 heterocycles. The van der Waals surface area contributed by atoms with Crippen molar-refractivity contribution in [2.24, 2.45) is 0 Å². The van der Waals surface area contributed by atoms with E-state index < -0.39 is 0 Å². The summed E-state index contributed by atoms with van der Waals surface area (Å²) in [6, 6.07) is 0. The Morgan fingerprint density at radius 3 is 2.83 bits per heavy atom. The molecule has 1 aliphatic rings. The van der Waals surface area contributed by atoms with Gasteiger partial charge in [-0.15, -0.1) is 0 Å². The van der Waals surface area contributed by atoms with Crippen molar-refractivity contribution in [1.29, 1.82) is 0 Å². The highest BCUT2D eigenvalue weighted by Gasteiger charge is 2.19. The average molecular weight is 165 g/mol. The second kappa shape index (κ2) is 2.97. The number of nitrogens with one attached hydrogen (secondary N) is 1. The molecule has 4 nitrogen and oxygen atoms in total. The van der Waals surface area contributed by atoms with Crippen molar-refractivity contribution < 1.29 is 4.79 Å². The Bertz CT molecular complexity index is 262. The van der Waals surface area contributed by atoms with Crippen LogP contribution in [-0.4, -0.2) is 33.9 Å². The molecule has 64 valence electrons. The summed E-state index contributed by atoms with van der Waals surface area (Å²) in [7, 11) is 0. The fourth-order valence-electron chi connectivity index (χ4n) is 1.46. The van der Waals surface area contributed by atoms with Crippen LogP contribution in [0.15, 0.2) is 12.5 Å². The smallest absolute Gasteiger partial charge is 0.271 e. The summed E-state index contributed by atoms with van der Waals surface area (Å²) in [5, 5.41) is 0. The van der Waals surface area contributed by atoms with Crippen LogP contribution >= 0.6 is 0 Å². The predicted octanol–water partition coefficient (Wildman–Crippen LogP) is 0.646. The number of carbonyl (C=O) groups is 1. The zero-order valence-electron chi connectivity index (χ0n) is 6.79. The van der Waals surface area contributed by atoms with Crippen molar-refractivity contribution in [2.75, 3.05) is 13.1 Å². The molecule has 1 aromatic heterocycles. The number of hydrogen-bond acceptors (Lipinski definition) is 2. The lowest BCUT2D eigenvalue weighted by Crippen LogP contribution is -2.27. The highest BCUT2D eigenvalue weighted by molar-refractivity contribution is 5.92. The number of rotatable bonds is 1. The fourth-order valence-corrected chi connectivity index (χ4v) is 1.46. The van der Waals surface area contributed by atoms with Crippen LogP contribution in [-0.2, 0) is 0 Å². The number of aromatic amines is 1. The fraction of sp³-hybridized carbons (Fsp3) is 0.500. The molecule has 4 heteroatoms. The number of imidazole rings is 1. The van der Waals surface area contributed by atoms with Gasteiger partial charge in [-0.05, 0) is 12.8 Å². The van der Waals surface area contributed by atoms with Gasteiger partial charge in [0.1, 0.15) is 5.69 Å². The van der Waals surface area contributed by atoms with E-state index in [4.69, 9.17) is 0 Å². The minimum Gasteiger partial charge on any atom is -0.341 e. The summed E-state index contributed by atoms with van der Waals surface area (Å²) in [5.74, 6) is 0.0741. The molecule has 1 amide bonds. The quantitative estimate of drug-likeness (QED) is 0.664. The van der Waals surface area contributed by atoms with Gasteiger partial charge in [-0.3, -0.25) is 4.79 Å². The normalized spacial score (nSPS) is 16.8. The molecular formula is C8H11N3O. The molecule has 0 radical (unpaired) electrons. The first-order valence-electron chi connectivity index (χ1n) is 4.15. The monoisotopic (exact) mass is 165 g/mol. The van der Waals surface area contributed by atoms with Crippen LogP contribution in [0.2, 0.25) is 0 Å². The first kappa shape index (κ1) is 7.34. The Hall–Kier alpha value is -1.32. The Morgan fingerprint density at radius 2 is 2.25 bits per heavy atom. The molecule has 12 heavy (non-hydrogen) atoms. The Morgan fingerprint density at radius 1 is 1.50 bits per heavy atom. The van der Waals surface area contributed by atoms with Gasteiger partial charge in [0.2, 0.25) is 0 Å². The number of hydrogen-bond donors (Lipinski definition) is 1. The maximum absolute atomic E-state index is 11.6. The molecule has 0 aromatic carbocycles. The van der Waals surface area contributed by atoms with Gasteiger partial charge in [0, 0.05) is 13.1 Å². The molecule has 0 unspecified atom stereocenters. The van der Waals surface area contributed by atoms with Crippen LogP contribution in [0.4, 0.5) is 0 Å². The van der Waals surface area contributed by atoms with Gasteiger partial charge in [-0.25, -0.2) is 4.98 Å². The second-order valence-electron chi connectivity index (χ2n) is 2.96. The first-order chi connectivity index (χ1) is 5.88. The number of likely N-dealkylation sites (tertiary alicyclic amines) is 1. The van der Waals surface area contributed by atoms with Crippen LogP contribution in [0, 0.1) is 0 Å². The summed E-state index contributed by atoms with van der Waals surface area (Å²) < 4.78 is 0. The van der Waals surface area contributed by atoms with E-state index in [0.717, 1.165) is 25.9 Å².